The van der Waals surface area contributed by atoms with Gasteiger partial charge >= 0.3 is 7.82 Å². The van der Waals surface area contributed by atoms with Crippen LogP contribution in [0.25, 0.3) is 0 Å². The molecule has 2 aliphatic heterocycles. The molecule has 0 amide bonds. The number of rotatable bonds is 18. The molecule has 2 heterocycles. The number of nitrogens with one attached hydrogen (secondary N) is 1. The molecule has 9 atom stereocenters. The van der Waals surface area contributed by atoms with E-state index in [-0.39, 0.29) is 11.4 Å². The molecular formula is C35H62NO10P. The molecule has 3 rings (SSSR count). The number of fused-ring (bicyclic) bond motifs is 1. The third-order valence-corrected chi connectivity index (χ3v) is 11.0. The summed E-state index contributed by atoms with van der Waals surface area (Å²) in [5, 5.41) is 39.5. The molecule has 47 heavy (non-hydrogen) atoms. The minimum atomic E-state index is -4.80. The summed E-state index contributed by atoms with van der Waals surface area (Å²) in [7, 11) is -4.80. The van der Waals surface area contributed by atoms with Crippen molar-refractivity contribution < 1.29 is 48.5 Å². The van der Waals surface area contributed by atoms with Crippen molar-refractivity contribution in [2.75, 3.05) is 6.61 Å². The zero-order valence-corrected chi connectivity index (χ0v) is 30.7. The summed E-state index contributed by atoms with van der Waals surface area (Å²) in [6.45, 7) is 16.4. The molecule has 1 fully saturated rings. The first kappa shape index (κ1) is 40.2. The van der Waals surface area contributed by atoms with E-state index in [0.717, 1.165) is 54.4 Å². The zero-order valence-electron chi connectivity index (χ0n) is 29.8. The number of aliphatic hydroxyl groups excluding tert-OH is 4. The van der Waals surface area contributed by atoms with E-state index in [0.29, 0.717) is 17.0 Å². The lowest BCUT2D eigenvalue weighted by atomic mass is 9.84. The molecule has 0 spiro atoms. The molecule has 0 bridgehead atoms. The van der Waals surface area contributed by atoms with Gasteiger partial charge in [0, 0.05) is 5.56 Å². The van der Waals surface area contributed by atoms with Gasteiger partial charge in [0.1, 0.15) is 41.5 Å². The fourth-order valence-electron chi connectivity index (χ4n) is 6.85. The van der Waals surface area contributed by atoms with Crippen LogP contribution in [0.1, 0.15) is 121 Å². The van der Waals surface area contributed by atoms with Crippen molar-refractivity contribution in [2.24, 2.45) is 17.8 Å². The maximum absolute atomic E-state index is 13.0. The van der Waals surface area contributed by atoms with Crippen LogP contribution in [-0.2, 0) is 20.3 Å². The highest BCUT2D eigenvalue weighted by molar-refractivity contribution is 7.47. The predicted octanol–water partition coefficient (Wildman–Crippen LogP) is 5.93. The predicted molar refractivity (Wildman–Crippen MR) is 181 cm³/mol. The van der Waals surface area contributed by atoms with E-state index in [4.69, 9.17) is 18.6 Å². The number of hydroxylamine groups is 1. The smallest absolute Gasteiger partial charge is 0.487 e. The highest BCUT2D eigenvalue weighted by atomic mass is 31.2. The average molecular weight is 688 g/mol. The van der Waals surface area contributed by atoms with Gasteiger partial charge in [-0.1, -0.05) is 72.6 Å². The number of hydrogen-bond donors (Lipinski definition) is 6. The average Bonchev–Trinajstić information content (AvgIpc) is 3.00. The van der Waals surface area contributed by atoms with Crippen LogP contribution in [0.4, 0.5) is 0 Å². The summed E-state index contributed by atoms with van der Waals surface area (Å²) < 4.78 is 35.4. The number of hydrogen-bond acceptors (Lipinski definition) is 10. The van der Waals surface area contributed by atoms with Gasteiger partial charge in [-0.25, -0.2) is 4.57 Å². The molecule has 272 valence electrons. The minimum Gasteiger partial charge on any atom is -0.487 e. The maximum atomic E-state index is 13.0. The van der Waals surface area contributed by atoms with E-state index < -0.39 is 45.1 Å². The standard InChI is InChI=1S/C35H62NO10P/c1-21(2)12-9-13-22(3)14-10-15-23(4)16-11-18-35(8)19-17-27-26(7)32(24(5)25(6)33(27)44-35)45-47(41,42)46-36-34-31(40)30(39)29(38)28(20-37)43-34/h21-23,28-31,34,36-40H,9-20H2,1-8H3,(H,41,42). The van der Waals surface area contributed by atoms with Crippen LogP contribution in [0.15, 0.2) is 0 Å². The monoisotopic (exact) mass is 687 g/mol. The first-order valence-electron chi connectivity index (χ1n) is 17.6. The van der Waals surface area contributed by atoms with E-state index in [1.165, 1.54) is 44.9 Å². The van der Waals surface area contributed by atoms with Gasteiger partial charge in [0.15, 0.2) is 6.23 Å². The first-order chi connectivity index (χ1) is 22.0. The van der Waals surface area contributed by atoms with E-state index in [9.17, 15) is 29.9 Å². The van der Waals surface area contributed by atoms with Crippen molar-refractivity contribution in [3.05, 3.63) is 22.3 Å². The van der Waals surface area contributed by atoms with Gasteiger partial charge in [0.25, 0.3) is 0 Å². The highest BCUT2D eigenvalue weighted by Gasteiger charge is 2.45. The van der Waals surface area contributed by atoms with Crippen molar-refractivity contribution in [2.45, 2.75) is 162 Å². The van der Waals surface area contributed by atoms with Crippen molar-refractivity contribution in [1.29, 1.82) is 0 Å². The largest absolute Gasteiger partial charge is 0.544 e. The normalized spacial score (nSPS) is 28.8. The number of phosphoric acid groups is 1. The quantitative estimate of drug-likeness (QED) is 0.0799. The summed E-state index contributed by atoms with van der Waals surface area (Å²) >= 11 is 0. The number of benzene rings is 1. The first-order valence-corrected chi connectivity index (χ1v) is 19.1. The fraction of sp³-hybridized carbons (Fsp3) is 0.829. The molecule has 9 unspecified atom stereocenters. The Bertz CT molecular complexity index is 1200. The summed E-state index contributed by atoms with van der Waals surface area (Å²) in [6, 6.07) is 0. The molecule has 12 heteroatoms. The number of ether oxygens (including phenoxy) is 2. The molecular weight excluding hydrogens is 625 g/mol. The summed E-state index contributed by atoms with van der Waals surface area (Å²) in [4.78, 5) is 10.5. The SMILES string of the molecule is Cc1c(C)c2c(c(C)c1OP(=O)(O)ONC1OC(CO)C(O)C(O)C1O)CCC(C)(CCCC(C)CCCC(C)CCCC(C)C)O2. The van der Waals surface area contributed by atoms with Gasteiger partial charge in [0.2, 0.25) is 0 Å². The Morgan fingerprint density at radius 2 is 1.49 bits per heavy atom. The van der Waals surface area contributed by atoms with Crippen LogP contribution in [-0.4, -0.2) is 68.2 Å². The molecule has 1 aromatic rings. The van der Waals surface area contributed by atoms with Gasteiger partial charge in [-0.15, -0.1) is 0 Å². The Morgan fingerprint density at radius 3 is 2.09 bits per heavy atom. The highest BCUT2D eigenvalue weighted by Crippen LogP contribution is 2.50. The lowest BCUT2D eigenvalue weighted by molar-refractivity contribution is -0.253. The van der Waals surface area contributed by atoms with Crippen molar-refractivity contribution in [3.8, 4) is 11.5 Å². The number of aliphatic hydroxyl groups is 4. The summed E-state index contributed by atoms with van der Waals surface area (Å²) in [6.07, 6.45) is 5.01. The van der Waals surface area contributed by atoms with Crippen molar-refractivity contribution >= 4 is 7.82 Å². The van der Waals surface area contributed by atoms with Gasteiger partial charge in [-0.2, -0.15) is 10.1 Å². The molecule has 0 aromatic heterocycles. The lowest BCUT2D eigenvalue weighted by Gasteiger charge is -2.40. The number of phosphoric ester groups is 1. The van der Waals surface area contributed by atoms with Crippen molar-refractivity contribution in [3.63, 3.8) is 0 Å². The van der Waals surface area contributed by atoms with Crippen molar-refractivity contribution in [1.82, 2.24) is 5.48 Å². The van der Waals surface area contributed by atoms with Crippen LogP contribution in [0.5, 0.6) is 11.5 Å². The Labute approximate surface area is 281 Å². The Hall–Kier alpha value is -1.27. The van der Waals surface area contributed by atoms with Crippen LogP contribution in [0, 0.1) is 38.5 Å². The summed E-state index contributed by atoms with van der Waals surface area (Å²) in [5.41, 5.74) is 4.89. The molecule has 6 N–H and O–H groups in total. The van der Waals surface area contributed by atoms with E-state index in [1.807, 2.05) is 13.8 Å². The van der Waals surface area contributed by atoms with E-state index in [1.54, 1.807) is 6.92 Å². The van der Waals surface area contributed by atoms with Gasteiger partial charge in [-0.05, 0) is 87.8 Å². The van der Waals surface area contributed by atoms with E-state index >= 15 is 0 Å². The van der Waals surface area contributed by atoms with Gasteiger partial charge in [0.05, 0.1) is 6.61 Å². The third-order valence-electron chi connectivity index (χ3n) is 10.2. The van der Waals surface area contributed by atoms with Crippen LogP contribution >= 0.6 is 7.82 Å². The Kier molecular flexibility index (Phi) is 15.0. The molecule has 2 aliphatic rings. The van der Waals surface area contributed by atoms with Gasteiger partial charge in [-0.3, -0.25) is 4.89 Å². The summed E-state index contributed by atoms with van der Waals surface area (Å²) in [5.74, 6) is 3.30. The van der Waals surface area contributed by atoms with Crippen LogP contribution in [0.3, 0.4) is 0 Å². The van der Waals surface area contributed by atoms with Gasteiger partial charge < -0.3 is 34.4 Å². The Balaban J connectivity index is 1.54. The Morgan fingerprint density at radius 1 is 0.894 bits per heavy atom. The second-order valence-corrected chi connectivity index (χ2v) is 16.2. The van der Waals surface area contributed by atoms with Crippen LogP contribution < -0.4 is 14.7 Å². The minimum absolute atomic E-state index is 0.206. The second-order valence-electron chi connectivity index (χ2n) is 14.9. The fourth-order valence-corrected chi connectivity index (χ4v) is 7.63. The molecule has 1 saturated heterocycles. The molecule has 1 aromatic carbocycles. The molecule has 0 saturated carbocycles. The van der Waals surface area contributed by atoms with E-state index in [2.05, 4.69) is 40.1 Å². The zero-order chi connectivity index (χ0) is 35.1. The molecule has 0 aliphatic carbocycles. The van der Waals surface area contributed by atoms with Crippen LogP contribution in [0.2, 0.25) is 0 Å². The molecule has 11 nitrogen and oxygen atoms in total. The third kappa shape index (κ3) is 11.1. The topological polar surface area (TPSA) is 167 Å². The lowest BCUT2D eigenvalue weighted by Crippen LogP contribution is -2.62. The second kappa shape index (κ2) is 17.6. The molecule has 0 radical (unpaired) electrons. The maximum Gasteiger partial charge on any atom is 0.544 e.